The van der Waals surface area contributed by atoms with Crippen LogP contribution in [0.3, 0.4) is 0 Å². The summed E-state index contributed by atoms with van der Waals surface area (Å²) in [6, 6.07) is -1.02. The molecule has 0 heterocycles. The van der Waals surface area contributed by atoms with E-state index in [1.165, 1.54) is 0 Å². The van der Waals surface area contributed by atoms with Crippen LogP contribution in [0.25, 0.3) is 0 Å². The first-order valence-corrected chi connectivity index (χ1v) is 5.12. The molecule has 5 nitrogen and oxygen atoms in total. The van der Waals surface area contributed by atoms with Gasteiger partial charge in [0.15, 0.2) is 0 Å². The molecule has 0 aromatic carbocycles. The van der Waals surface area contributed by atoms with Crippen LogP contribution in [0, 0.1) is 0 Å². The zero-order valence-electron chi connectivity index (χ0n) is 9.70. The van der Waals surface area contributed by atoms with Crippen LogP contribution in [0.15, 0.2) is 0 Å². The molecule has 0 saturated heterocycles. The lowest BCUT2D eigenvalue weighted by Crippen LogP contribution is -2.45. The van der Waals surface area contributed by atoms with Crippen LogP contribution in [0.5, 0.6) is 0 Å². The van der Waals surface area contributed by atoms with Crippen molar-refractivity contribution in [2.24, 2.45) is 0 Å². The van der Waals surface area contributed by atoms with Gasteiger partial charge in [-0.05, 0) is 27.7 Å². The van der Waals surface area contributed by atoms with Crippen LogP contribution >= 0.6 is 0 Å². The van der Waals surface area contributed by atoms with Crippen molar-refractivity contribution < 1.29 is 19.1 Å². The fourth-order valence-corrected chi connectivity index (χ4v) is 1.05. The quantitative estimate of drug-likeness (QED) is 0.655. The number of nitrogens with one attached hydrogen (secondary N) is 1. The second-order valence-corrected chi connectivity index (χ2v) is 3.11. The molecule has 1 N–H and O–H groups in total. The van der Waals surface area contributed by atoms with Gasteiger partial charge in [0.2, 0.25) is 0 Å². The van der Waals surface area contributed by atoms with E-state index >= 15 is 0 Å². The zero-order chi connectivity index (χ0) is 11.8. The highest BCUT2D eigenvalue weighted by molar-refractivity contribution is 5.79. The van der Waals surface area contributed by atoms with Crippen molar-refractivity contribution >= 4 is 11.9 Å². The highest BCUT2D eigenvalue weighted by atomic mass is 16.5. The highest BCUT2D eigenvalue weighted by Gasteiger charge is 2.21. The molecule has 0 spiro atoms. The van der Waals surface area contributed by atoms with Crippen LogP contribution in [0.4, 0.5) is 0 Å². The van der Waals surface area contributed by atoms with Gasteiger partial charge in [-0.1, -0.05) is 0 Å². The summed E-state index contributed by atoms with van der Waals surface area (Å²) in [6.07, 6.45) is 0. The van der Waals surface area contributed by atoms with Crippen LogP contribution in [-0.2, 0) is 19.1 Å². The molecule has 5 heteroatoms. The van der Waals surface area contributed by atoms with Gasteiger partial charge >= 0.3 is 11.9 Å². The van der Waals surface area contributed by atoms with E-state index in [2.05, 4.69) is 5.32 Å². The number of rotatable bonds is 6. The SMILES string of the molecule is CCOC(=O)C(C)NC(C)C(=O)OCC. The molecular formula is C10H19NO4. The first-order chi connectivity index (χ1) is 7.02. The predicted octanol–water partition coefficient (Wildman–Crippen LogP) is 0.479. The van der Waals surface area contributed by atoms with Gasteiger partial charge in [-0.25, -0.2) is 0 Å². The van der Waals surface area contributed by atoms with Gasteiger partial charge in [0.1, 0.15) is 12.1 Å². The summed E-state index contributed by atoms with van der Waals surface area (Å²) in [5.74, 6) is -0.734. The normalized spacial score (nSPS) is 14.1. The Morgan fingerprint density at radius 2 is 1.33 bits per heavy atom. The molecule has 0 rings (SSSR count). The van der Waals surface area contributed by atoms with Gasteiger partial charge in [-0.15, -0.1) is 0 Å². The molecule has 0 aromatic rings. The van der Waals surface area contributed by atoms with Gasteiger partial charge in [0.25, 0.3) is 0 Å². The Hall–Kier alpha value is -1.10. The Labute approximate surface area is 90.1 Å². The van der Waals surface area contributed by atoms with E-state index < -0.39 is 12.1 Å². The second-order valence-electron chi connectivity index (χ2n) is 3.11. The van der Waals surface area contributed by atoms with E-state index in [9.17, 15) is 9.59 Å². The third kappa shape index (κ3) is 5.37. The Morgan fingerprint density at radius 1 is 1.00 bits per heavy atom. The van der Waals surface area contributed by atoms with Crippen molar-refractivity contribution in [2.75, 3.05) is 13.2 Å². The number of carbonyl (C=O) groups is 2. The molecule has 0 aliphatic heterocycles. The van der Waals surface area contributed by atoms with Gasteiger partial charge in [-0.2, -0.15) is 0 Å². The van der Waals surface area contributed by atoms with Crippen molar-refractivity contribution in [3.63, 3.8) is 0 Å². The summed E-state index contributed by atoms with van der Waals surface area (Å²) < 4.78 is 9.58. The highest BCUT2D eigenvalue weighted by Crippen LogP contribution is 1.94. The average molecular weight is 217 g/mol. The lowest BCUT2D eigenvalue weighted by Gasteiger charge is -2.17. The van der Waals surface area contributed by atoms with Gasteiger partial charge in [0, 0.05) is 0 Å². The lowest BCUT2D eigenvalue weighted by molar-refractivity contribution is -0.148. The third-order valence-corrected chi connectivity index (χ3v) is 1.78. The Bertz CT molecular complexity index is 195. The summed E-state index contributed by atoms with van der Waals surface area (Å²) in [5.41, 5.74) is 0. The molecule has 0 radical (unpaired) electrons. The number of ether oxygens (including phenoxy) is 2. The number of esters is 2. The Morgan fingerprint density at radius 3 is 1.60 bits per heavy atom. The molecular weight excluding hydrogens is 198 g/mol. The standard InChI is InChI=1S/C10H19NO4/c1-5-14-9(12)7(3)11-8(4)10(13)15-6-2/h7-8,11H,5-6H2,1-4H3. The third-order valence-electron chi connectivity index (χ3n) is 1.78. The van der Waals surface area contributed by atoms with Crippen molar-refractivity contribution in [3.8, 4) is 0 Å². The molecule has 88 valence electrons. The van der Waals surface area contributed by atoms with E-state index in [-0.39, 0.29) is 11.9 Å². The van der Waals surface area contributed by atoms with Gasteiger partial charge in [-0.3, -0.25) is 14.9 Å². The van der Waals surface area contributed by atoms with Crippen LogP contribution in [0.2, 0.25) is 0 Å². The van der Waals surface area contributed by atoms with E-state index in [1.807, 2.05) is 0 Å². The second kappa shape index (κ2) is 7.23. The molecule has 0 bridgehead atoms. The predicted molar refractivity (Wildman–Crippen MR) is 55.3 cm³/mol. The van der Waals surface area contributed by atoms with E-state index in [0.717, 1.165) is 0 Å². The zero-order valence-corrected chi connectivity index (χ0v) is 9.70. The molecule has 0 aliphatic rings. The number of carbonyl (C=O) groups excluding carboxylic acids is 2. The maximum Gasteiger partial charge on any atom is 0.322 e. The van der Waals surface area contributed by atoms with Crippen LogP contribution in [-0.4, -0.2) is 37.2 Å². The Balaban J connectivity index is 3.99. The van der Waals surface area contributed by atoms with Crippen molar-refractivity contribution in [1.29, 1.82) is 0 Å². The summed E-state index contributed by atoms with van der Waals surface area (Å²) >= 11 is 0. The van der Waals surface area contributed by atoms with Crippen molar-refractivity contribution in [1.82, 2.24) is 5.32 Å². The summed E-state index contributed by atoms with van der Waals surface area (Å²) in [6.45, 7) is 7.43. The molecule has 0 aromatic heterocycles. The maximum absolute atomic E-state index is 11.2. The van der Waals surface area contributed by atoms with E-state index in [4.69, 9.17) is 9.47 Å². The smallest absolute Gasteiger partial charge is 0.322 e. The lowest BCUT2D eigenvalue weighted by atomic mass is 10.2. The fourth-order valence-electron chi connectivity index (χ4n) is 1.05. The first-order valence-electron chi connectivity index (χ1n) is 5.12. The van der Waals surface area contributed by atoms with Crippen molar-refractivity contribution in [3.05, 3.63) is 0 Å². The minimum atomic E-state index is -0.510. The first kappa shape index (κ1) is 13.9. The summed E-state index contributed by atoms with van der Waals surface area (Å²) in [7, 11) is 0. The summed E-state index contributed by atoms with van der Waals surface area (Å²) in [5, 5.41) is 2.80. The monoisotopic (exact) mass is 217 g/mol. The molecule has 2 atom stereocenters. The largest absolute Gasteiger partial charge is 0.465 e. The molecule has 0 saturated carbocycles. The number of hydrogen-bond acceptors (Lipinski definition) is 5. The molecule has 0 amide bonds. The van der Waals surface area contributed by atoms with E-state index in [0.29, 0.717) is 13.2 Å². The van der Waals surface area contributed by atoms with Gasteiger partial charge in [0.05, 0.1) is 13.2 Å². The molecule has 2 unspecified atom stereocenters. The topological polar surface area (TPSA) is 64.6 Å². The maximum atomic E-state index is 11.2. The summed E-state index contributed by atoms with van der Waals surface area (Å²) in [4.78, 5) is 22.4. The van der Waals surface area contributed by atoms with E-state index in [1.54, 1.807) is 27.7 Å². The van der Waals surface area contributed by atoms with Crippen LogP contribution in [0.1, 0.15) is 27.7 Å². The Kier molecular flexibility index (Phi) is 6.70. The molecule has 0 fully saturated rings. The van der Waals surface area contributed by atoms with Crippen molar-refractivity contribution in [2.45, 2.75) is 39.8 Å². The minimum absolute atomic E-state index is 0.332. The molecule has 15 heavy (non-hydrogen) atoms. The van der Waals surface area contributed by atoms with Crippen LogP contribution < -0.4 is 5.32 Å². The average Bonchev–Trinajstić information content (AvgIpc) is 2.18. The number of hydrogen-bond donors (Lipinski definition) is 1. The molecule has 0 aliphatic carbocycles. The minimum Gasteiger partial charge on any atom is -0.465 e. The van der Waals surface area contributed by atoms with Gasteiger partial charge < -0.3 is 9.47 Å². The fraction of sp³-hybridized carbons (Fsp3) is 0.800.